The summed E-state index contributed by atoms with van der Waals surface area (Å²) < 4.78 is 5.30. The Kier molecular flexibility index (Phi) is 9.42. The van der Waals surface area contributed by atoms with Crippen molar-refractivity contribution in [3.63, 3.8) is 0 Å². The van der Waals surface area contributed by atoms with Gasteiger partial charge in [0.2, 0.25) is 5.91 Å². The van der Waals surface area contributed by atoms with E-state index in [0.717, 1.165) is 41.0 Å². The van der Waals surface area contributed by atoms with Gasteiger partial charge in [-0.2, -0.15) is 0 Å². The van der Waals surface area contributed by atoms with Gasteiger partial charge in [0.25, 0.3) is 5.91 Å². The maximum absolute atomic E-state index is 13.3. The van der Waals surface area contributed by atoms with E-state index in [1.165, 1.54) is 35.2 Å². The van der Waals surface area contributed by atoms with Crippen LogP contribution in [0.1, 0.15) is 74.6 Å². The number of benzene rings is 2. The lowest BCUT2D eigenvalue weighted by Crippen LogP contribution is -2.25. The lowest BCUT2D eigenvalue weighted by Gasteiger charge is -2.16. The van der Waals surface area contributed by atoms with Crippen molar-refractivity contribution in [2.75, 3.05) is 17.2 Å². The van der Waals surface area contributed by atoms with Gasteiger partial charge in [0.1, 0.15) is 5.00 Å². The van der Waals surface area contributed by atoms with Crippen LogP contribution in [0.3, 0.4) is 0 Å². The zero-order valence-corrected chi connectivity index (χ0v) is 23.4. The summed E-state index contributed by atoms with van der Waals surface area (Å²) in [4.78, 5) is 52.3. The molecular formula is C29H30N2O6S2. The highest BCUT2D eigenvalue weighted by atomic mass is 32.2. The number of carbonyl (C=O) groups is 4. The van der Waals surface area contributed by atoms with Crippen LogP contribution in [0.2, 0.25) is 0 Å². The number of rotatable bonds is 10. The fourth-order valence-electron chi connectivity index (χ4n) is 4.47. The van der Waals surface area contributed by atoms with E-state index in [0.29, 0.717) is 22.7 Å². The van der Waals surface area contributed by atoms with E-state index < -0.39 is 23.1 Å². The molecule has 1 heterocycles. The lowest BCUT2D eigenvalue weighted by molar-refractivity contribution is -0.115. The molecule has 3 aromatic rings. The molecule has 1 aromatic heterocycles. The van der Waals surface area contributed by atoms with E-state index in [1.54, 1.807) is 37.3 Å². The van der Waals surface area contributed by atoms with Gasteiger partial charge in [0.05, 0.1) is 28.5 Å². The number of esters is 1. The lowest BCUT2D eigenvalue weighted by atomic mass is 9.95. The molecule has 0 bridgehead atoms. The van der Waals surface area contributed by atoms with Crippen LogP contribution >= 0.6 is 23.1 Å². The van der Waals surface area contributed by atoms with E-state index >= 15 is 0 Å². The fourth-order valence-corrected chi connectivity index (χ4v) is 6.76. The van der Waals surface area contributed by atoms with E-state index in [1.807, 2.05) is 13.0 Å². The van der Waals surface area contributed by atoms with Crippen LogP contribution in [0.5, 0.6) is 0 Å². The second-order valence-electron chi connectivity index (χ2n) is 8.97. The molecule has 0 radical (unpaired) electrons. The first kappa shape index (κ1) is 28.4. The van der Waals surface area contributed by atoms with Gasteiger partial charge in [-0.25, -0.2) is 9.59 Å². The minimum absolute atomic E-state index is 0.0601. The molecule has 1 atom stereocenters. The third-order valence-corrected chi connectivity index (χ3v) is 8.89. The Labute approximate surface area is 235 Å². The molecule has 8 nitrogen and oxygen atoms in total. The summed E-state index contributed by atoms with van der Waals surface area (Å²) in [5.41, 5.74) is 1.94. The zero-order chi connectivity index (χ0) is 27.9. The number of fused-ring (bicyclic) bond motifs is 1. The van der Waals surface area contributed by atoms with E-state index in [9.17, 15) is 24.3 Å². The number of carboxylic acids is 1. The number of nitrogens with one attached hydrogen (secondary N) is 2. The normalized spacial score (nSPS) is 13.2. The van der Waals surface area contributed by atoms with Gasteiger partial charge in [-0.15, -0.1) is 23.1 Å². The Bertz CT molecular complexity index is 1400. The van der Waals surface area contributed by atoms with Crippen molar-refractivity contribution >= 4 is 57.5 Å². The second-order valence-corrected chi connectivity index (χ2v) is 11.4. The average Bonchev–Trinajstić information content (AvgIpc) is 3.29. The SMILES string of the molecule is CCOC(=O)c1c(NC(=O)C(CC)Sc2cccc(NC(=O)c3ccccc3C(=O)O)c2)sc2c1CCCC2. The molecule has 0 aliphatic heterocycles. The third-order valence-electron chi connectivity index (χ3n) is 6.32. The van der Waals surface area contributed by atoms with Crippen molar-refractivity contribution in [3.8, 4) is 0 Å². The maximum Gasteiger partial charge on any atom is 0.341 e. The van der Waals surface area contributed by atoms with Crippen LogP contribution in [0.25, 0.3) is 0 Å². The predicted octanol–water partition coefficient (Wildman–Crippen LogP) is 6.26. The molecule has 10 heteroatoms. The first-order valence-corrected chi connectivity index (χ1v) is 14.5. The van der Waals surface area contributed by atoms with E-state index in [2.05, 4.69) is 10.6 Å². The van der Waals surface area contributed by atoms with Gasteiger partial charge in [-0.05, 0) is 74.9 Å². The summed E-state index contributed by atoms with van der Waals surface area (Å²) in [5, 5.41) is 15.2. The number of aromatic carboxylic acids is 1. The third kappa shape index (κ3) is 6.69. The Morgan fingerprint density at radius 3 is 2.46 bits per heavy atom. The highest BCUT2D eigenvalue weighted by molar-refractivity contribution is 8.00. The van der Waals surface area contributed by atoms with Crippen molar-refractivity contribution in [1.29, 1.82) is 0 Å². The van der Waals surface area contributed by atoms with Crippen molar-refractivity contribution in [3.05, 3.63) is 75.7 Å². The second kappa shape index (κ2) is 12.9. The van der Waals surface area contributed by atoms with Gasteiger partial charge in [-0.1, -0.05) is 25.1 Å². The number of aryl methyl sites for hydroxylation is 1. The highest BCUT2D eigenvalue weighted by Crippen LogP contribution is 2.39. The summed E-state index contributed by atoms with van der Waals surface area (Å²) in [5.74, 6) is -2.33. The number of amides is 2. The van der Waals surface area contributed by atoms with Crippen LogP contribution < -0.4 is 10.6 Å². The number of carboxylic acid groups (broad SMARTS) is 1. The molecule has 0 spiro atoms. The first-order valence-electron chi connectivity index (χ1n) is 12.8. The summed E-state index contributed by atoms with van der Waals surface area (Å²) in [6.07, 6.45) is 4.30. The molecule has 4 rings (SSSR count). The molecule has 1 aliphatic carbocycles. The number of anilines is 2. The molecule has 0 saturated heterocycles. The van der Waals surface area contributed by atoms with Crippen LogP contribution in [-0.4, -0.2) is 40.7 Å². The van der Waals surface area contributed by atoms with Crippen molar-refractivity contribution in [2.24, 2.45) is 0 Å². The van der Waals surface area contributed by atoms with Gasteiger partial charge >= 0.3 is 11.9 Å². The molecule has 204 valence electrons. The Hall–Kier alpha value is -3.63. The number of hydrogen-bond acceptors (Lipinski definition) is 7. The summed E-state index contributed by atoms with van der Waals surface area (Å²) in [7, 11) is 0. The molecule has 2 amide bonds. The summed E-state index contributed by atoms with van der Waals surface area (Å²) >= 11 is 2.81. The van der Waals surface area contributed by atoms with Gasteiger partial charge in [0, 0.05) is 15.5 Å². The fraction of sp³-hybridized carbons (Fsp3) is 0.310. The number of carbonyl (C=O) groups excluding carboxylic acids is 3. The highest BCUT2D eigenvalue weighted by Gasteiger charge is 2.29. The van der Waals surface area contributed by atoms with Crippen LogP contribution in [-0.2, 0) is 22.4 Å². The zero-order valence-electron chi connectivity index (χ0n) is 21.7. The standard InChI is InChI=1S/C29H30N2O6S2/c1-3-22(26(33)31-27-24(29(36)37-4-2)21-14-7-8-15-23(21)39-27)38-18-11-9-10-17(16-18)30-25(32)19-12-5-6-13-20(19)28(34)35/h5-6,9-13,16,22H,3-4,7-8,14-15H2,1-2H3,(H,30,32)(H,31,33)(H,34,35). The Balaban J connectivity index is 1.49. The Morgan fingerprint density at radius 1 is 1.00 bits per heavy atom. The first-order chi connectivity index (χ1) is 18.8. The van der Waals surface area contributed by atoms with Crippen LogP contribution in [0.4, 0.5) is 10.7 Å². The summed E-state index contributed by atoms with van der Waals surface area (Å²) in [6.45, 7) is 3.94. The summed E-state index contributed by atoms with van der Waals surface area (Å²) in [6, 6.07) is 13.1. The van der Waals surface area contributed by atoms with Crippen molar-refractivity contribution in [2.45, 2.75) is 56.1 Å². The van der Waals surface area contributed by atoms with E-state index in [-0.39, 0.29) is 23.6 Å². The largest absolute Gasteiger partial charge is 0.478 e. The minimum atomic E-state index is -1.18. The maximum atomic E-state index is 13.3. The number of thioether (sulfide) groups is 1. The minimum Gasteiger partial charge on any atom is -0.478 e. The average molecular weight is 567 g/mol. The molecule has 3 N–H and O–H groups in total. The van der Waals surface area contributed by atoms with E-state index in [4.69, 9.17) is 4.74 Å². The topological polar surface area (TPSA) is 122 Å². The van der Waals surface area contributed by atoms with Crippen LogP contribution in [0, 0.1) is 0 Å². The number of hydrogen-bond donors (Lipinski definition) is 3. The molecule has 1 unspecified atom stereocenters. The smallest absolute Gasteiger partial charge is 0.341 e. The number of thiophene rings is 1. The molecule has 1 aliphatic rings. The molecule has 0 fully saturated rings. The molecule has 0 saturated carbocycles. The van der Waals surface area contributed by atoms with Crippen molar-refractivity contribution < 1.29 is 29.0 Å². The van der Waals surface area contributed by atoms with Gasteiger partial charge in [-0.3, -0.25) is 9.59 Å². The Morgan fingerprint density at radius 2 is 1.74 bits per heavy atom. The quantitative estimate of drug-likeness (QED) is 0.195. The molecule has 39 heavy (non-hydrogen) atoms. The number of ether oxygens (including phenoxy) is 1. The van der Waals surface area contributed by atoms with Crippen molar-refractivity contribution in [1.82, 2.24) is 0 Å². The monoisotopic (exact) mass is 566 g/mol. The van der Waals surface area contributed by atoms with Gasteiger partial charge in [0.15, 0.2) is 0 Å². The molecular weight excluding hydrogens is 536 g/mol. The van der Waals surface area contributed by atoms with Gasteiger partial charge < -0.3 is 20.5 Å². The van der Waals surface area contributed by atoms with Crippen LogP contribution in [0.15, 0.2) is 53.4 Å². The molecule has 2 aromatic carbocycles. The predicted molar refractivity (Wildman–Crippen MR) is 153 cm³/mol.